The SMILES string of the molecule is CC(CC(=O)O)C[S+](C)C. The molecule has 0 aliphatic heterocycles. The van der Waals surface area contributed by atoms with Gasteiger partial charge in [-0.1, -0.05) is 6.92 Å². The highest BCUT2D eigenvalue weighted by Crippen LogP contribution is 2.04. The number of carboxylic acids is 1. The van der Waals surface area contributed by atoms with Crippen molar-refractivity contribution in [1.29, 1.82) is 0 Å². The van der Waals surface area contributed by atoms with E-state index >= 15 is 0 Å². The average Bonchev–Trinajstić information content (AvgIpc) is 1.58. The van der Waals surface area contributed by atoms with Gasteiger partial charge in [0.05, 0.1) is 18.9 Å². The highest BCUT2D eigenvalue weighted by atomic mass is 32.2. The first kappa shape index (κ1) is 9.82. The maximum Gasteiger partial charge on any atom is 0.303 e. The van der Waals surface area contributed by atoms with E-state index in [-0.39, 0.29) is 0 Å². The Morgan fingerprint density at radius 3 is 2.40 bits per heavy atom. The van der Waals surface area contributed by atoms with E-state index in [0.29, 0.717) is 23.2 Å². The standard InChI is InChI=1S/C7H14O2S/c1-6(4-7(8)9)5-10(2)3/h6H,4-5H2,1-3H3/p+1. The molecule has 0 saturated carbocycles. The lowest BCUT2D eigenvalue weighted by atomic mass is 10.1. The molecule has 60 valence electrons. The molecule has 2 nitrogen and oxygen atoms in total. The second-order valence-corrected chi connectivity index (χ2v) is 5.16. The Morgan fingerprint density at radius 2 is 2.10 bits per heavy atom. The van der Waals surface area contributed by atoms with Gasteiger partial charge in [-0.2, -0.15) is 0 Å². The molecule has 1 unspecified atom stereocenters. The maximum atomic E-state index is 10.2. The van der Waals surface area contributed by atoms with Crippen LogP contribution in [0, 0.1) is 5.92 Å². The van der Waals surface area contributed by atoms with Crippen molar-refractivity contribution in [2.75, 3.05) is 18.3 Å². The van der Waals surface area contributed by atoms with Crippen LogP contribution in [0.5, 0.6) is 0 Å². The Hall–Kier alpha value is -0.180. The maximum absolute atomic E-state index is 10.2. The van der Waals surface area contributed by atoms with Gasteiger partial charge in [0.15, 0.2) is 0 Å². The summed E-state index contributed by atoms with van der Waals surface area (Å²) in [7, 11) is 0.375. The van der Waals surface area contributed by atoms with Gasteiger partial charge in [0, 0.05) is 5.92 Å². The molecule has 0 amide bonds. The van der Waals surface area contributed by atoms with Crippen molar-refractivity contribution >= 4 is 16.9 Å². The Bertz CT molecular complexity index is 112. The summed E-state index contributed by atoms with van der Waals surface area (Å²) in [5.74, 6) is 0.681. The second-order valence-electron chi connectivity index (χ2n) is 2.86. The third-order valence-corrected chi connectivity index (χ3v) is 2.38. The number of hydrogen-bond acceptors (Lipinski definition) is 1. The molecule has 0 aromatic rings. The van der Waals surface area contributed by atoms with Crippen LogP contribution in [-0.4, -0.2) is 29.3 Å². The number of carboxylic acid groups (broad SMARTS) is 1. The molecule has 1 N–H and O–H groups in total. The van der Waals surface area contributed by atoms with Gasteiger partial charge in [-0.05, 0) is 10.9 Å². The summed E-state index contributed by atoms with van der Waals surface area (Å²) < 4.78 is 0. The predicted octanol–water partition coefficient (Wildman–Crippen LogP) is 0.975. The minimum atomic E-state index is -0.682. The third-order valence-electron chi connectivity index (χ3n) is 1.14. The molecule has 0 rings (SSSR count). The minimum absolute atomic E-state index is 0.311. The van der Waals surface area contributed by atoms with Crippen LogP contribution in [0.25, 0.3) is 0 Å². The number of carbonyl (C=O) groups is 1. The van der Waals surface area contributed by atoms with Gasteiger partial charge in [-0.3, -0.25) is 4.79 Å². The molecule has 0 aromatic carbocycles. The van der Waals surface area contributed by atoms with Gasteiger partial charge < -0.3 is 5.11 Å². The Kier molecular flexibility index (Phi) is 4.52. The van der Waals surface area contributed by atoms with Crippen molar-refractivity contribution in [2.24, 2.45) is 5.92 Å². The number of aliphatic carboxylic acids is 1. The van der Waals surface area contributed by atoms with Crippen molar-refractivity contribution in [1.82, 2.24) is 0 Å². The lowest BCUT2D eigenvalue weighted by Gasteiger charge is -2.03. The number of rotatable bonds is 4. The fourth-order valence-corrected chi connectivity index (χ4v) is 2.18. The molecule has 0 saturated heterocycles. The third kappa shape index (κ3) is 5.95. The van der Waals surface area contributed by atoms with E-state index < -0.39 is 5.97 Å². The molecule has 0 aromatic heterocycles. The van der Waals surface area contributed by atoms with Crippen molar-refractivity contribution in [3.8, 4) is 0 Å². The summed E-state index contributed by atoms with van der Waals surface area (Å²) in [4.78, 5) is 10.2. The first-order chi connectivity index (χ1) is 4.52. The topological polar surface area (TPSA) is 37.3 Å². The van der Waals surface area contributed by atoms with Crippen molar-refractivity contribution in [2.45, 2.75) is 13.3 Å². The van der Waals surface area contributed by atoms with Crippen LogP contribution < -0.4 is 0 Å². The van der Waals surface area contributed by atoms with E-state index in [1.165, 1.54) is 0 Å². The summed E-state index contributed by atoms with van der Waals surface area (Å²) in [5.41, 5.74) is 0. The lowest BCUT2D eigenvalue weighted by Crippen LogP contribution is -2.14. The Morgan fingerprint density at radius 1 is 1.60 bits per heavy atom. The highest BCUT2D eigenvalue weighted by Gasteiger charge is 2.13. The van der Waals surface area contributed by atoms with E-state index in [1.807, 2.05) is 6.92 Å². The van der Waals surface area contributed by atoms with Crippen molar-refractivity contribution in [3.63, 3.8) is 0 Å². The zero-order valence-electron chi connectivity index (χ0n) is 6.76. The summed E-state index contributed by atoms with van der Waals surface area (Å²) in [6.45, 7) is 1.99. The Labute approximate surface area is 65.0 Å². The summed E-state index contributed by atoms with van der Waals surface area (Å²) >= 11 is 0. The van der Waals surface area contributed by atoms with Gasteiger partial charge in [-0.25, -0.2) is 0 Å². The molecule has 0 fully saturated rings. The second kappa shape index (κ2) is 4.61. The van der Waals surface area contributed by atoms with Crippen LogP contribution in [0.15, 0.2) is 0 Å². The van der Waals surface area contributed by atoms with Crippen LogP contribution in [0.3, 0.4) is 0 Å². The minimum Gasteiger partial charge on any atom is -0.481 e. The zero-order chi connectivity index (χ0) is 8.15. The predicted molar refractivity (Wildman–Crippen MR) is 45.5 cm³/mol. The largest absolute Gasteiger partial charge is 0.481 e. The summed E-state index contributed by atoms with van der Waals surface area (Å²) in [5, 5.41) is 8.40. The van der Waals surface area contributed by atoms with Crippen LogP contribution in [-0.2, 0) is 15.7 Å². The van der Waals surface area contributed by atoms with Gasteiger partial charge >= 0.3 is 5.97 Å². The van der Waals surface area contributed by atoms with Gasteiger partial charge in [0.2, 0.25) is 0 Å². The molecule has 0 radical (unpaired) electrons. The fourth-order valence-electron chi connectivity index (χ4n) is 0.926. The van der Waals surface area contributed by atoms with Crippen molar-refractivity contribution in [3.05, 3.63) is 0 Å². The summed E-state index contributed by atoms with van der Waals surface area (Å²) in [6, 6.07) is 0. The van der Waals surface area contributed by atoms with Crippen LogP contribution in [0.2, 0.25) is 0 Å². The van der Waals surface area contributed by atoms with Crippen molar-refractivity contribution < 1.29 is 9.90 Å². The lowest BCUT2D eigenvalue weighted by molar-refractivity contribution is -0.137. The smallest absolute Gasteiger partial charge is 0.303 e. The molecule has 0 aliphatic rings. The molecule has 3 heteroatoms. The van der Waals surface area contributed by atoms with Crippen LogP contribution in [0.1, 0.15) is 13.3 Å². The molecule has 0 aliphatic carbocycles. The molecule has 1 atom stereocenters. The Balaban J connectivity index is 3.43. The van der Waals surface area contributed by atoms with Crippen LogP contribution in [0.4, 0.5) is 0 Å². The molecular weight excluding hydrogens is 148 g/mol. The van der Waals surface area contributed by atoms with E-state index in [2.05, 4.69) is 12.5 Å². The van der Waals surface area contributed by atoms with E-state index in [9.17, 15) is 4.79 Å². The van der Waals surface area contributed by atoms with E-state index in [4.69, 9.17) is 5.11 Å². The molecule has 10 heavy (non-hydrogen) atoms. The zero-order valence-corrected chi connectivity index (χ0v) is 7.57. The monoisotopic (exact) mass is 163 g/mol. The first-order valence-corrected chi connectivity index (χ1v) is 5.49. The highest BCUT2D eigenvalue weighted by molar-refractivity contribution is 7.95. The van der Waals surface area contributed by atoms with Gasteiger partial charge in [-0.15, -0.1) is 0 Å². The molecule has 0 spiro atoms. The summed E-state index contributed by atoms with van der Waals surface area (Å²) in [6.07, 6.45) is 4.59. The van der Waals surface area contributed by atoms with Gasteiger partial charge in [0.1, 0.15) is 5.75 Å². The fraction of sp³-hybridized carbons (Fsp3) is 0.857. The average molecular weight is 163 g/mol. The van der Waals surface area contributed by atoms with E-state index in [0.717, 1.165) is 5.75 Å². The number of hydrogen-bond donors (Lipinski definition) is 1. The molecule has 0 heterocycles. The van der Waals surface area contributed by atoms with Gasteiger partial charge in [0.25, 0.3) is 0 Å². The molecule has 0 bridgehead atoms. The quantitative estimate of drug-likeness (QED) is 0.627. The first-order valence-electron chi connectivity index (χ1n) is 3.28. The van der Waals surface area contributed by atoms with Crippen LogP contribution >= 0.6 is 0 Å². The molecular formula is C7H15O2S+. The van der Waals surface area contributed by atoms with E-state index in [1.54, 1.807) is 0 Å². The normalized spacial score (nSPS) is 13.6.